The number of benzene rings is 2. The molecule has 2 aromatic carbocycles. The summed E-state index contributed by atoms with van der Waals surface area (Å²) in [6, 6.07) is 22.1. The van der Waals surface area contributed by atoms with Gasteiger partial charge in [-0.25, -0.2) is 0 Å². The minimum atomic E-state index is 0. The first-order valence-electron chi connectivity index (χ1n) is 7.77. The molecule has 3 rings (SSSR count). The number of aryl methyl sites for hydroxylation is 3. The average Bonchev–Trinajstić information content (AvgIpc) is 2.87. The van der Waals surface area contributed by atoms with Crippen molar-refractivity contribution < 1.29 is 10.3 Å². The highest BCUT2D eigenvalue weighted by Gasteiger charge is 2.10. The second kappa shape index (κ2) is 8.85. The van der Waals surface area contributed by atoms with Crippen molar-refractivity contribution in [2.45, 2.75) is 27.7 Å². The molecule has 0 saturated heterocycles. The van der Waals surface area contributed by atoms with Gasteiger partial charge in [-0.3, -0.25) is 4.79 Å². The van der Waals surface area contributed by atoms with Gasteiger partial charge in [0.15, 0.2) is 5.78 Å². The minimum Gasteiger partial charge on any atom is -0.412 e. The highest BCUT2D eigenvalue weighted by Crippen LogP contribution is 2.20. The number of nitrogens with zero attached hydrogens (tertiary/aromatic N) is 1. The van der Waals surface area contributed by atoms with Gasteiger partial charge in [0.25, 0.3) is 0 Å². The van der Waals surface area contributed by atoms with Crippen LogP contribution in [0, 0.1) is 20.8 Å². The minimum absolute atomic E-state index is 0. The van der Waals surface area contributed by atoms with Crippen LogP contribution in [0.5, 0.6) is 0 Å². The Morgan fingerprint density at radius 3 is 1.71 bits per heavy atom. The molecule has 3 heteroatoms. The lowest BCUT2D eigenvalue weighted by molar-refractivity contribution is 0.101. The zero-order chi connectivity index (χ0) is 16.8. The Balaban J connectivity index is 0.000000304. The third-order valence-electron chi connectivity index (χ3n) is 3.74. The first-order valence-corrected chi connectivity index (χ1v) is 7.77. The fourth-order valence-corrected chi connectivity index (χ4v) is 2.55. The summed E-state index contributed by atoms with van der Waals surface area (Å²) in [5, 5.41) is 0. The molecule has 3 nitrogen and oxygen atoms in total. The van der Waals surface area contributed by atoms with E-state index in [0.717, 1.165) is 22.6 Å². The molecule has 0 unspecified atom stereocenters. The number of Topliss-reactive ketones (excluding diaryl/α,β-unsaturated/α-hetero) is 1. The number of carbonyl (C=O) groups excluding carboxylic acids is 1. The van der Waals surface area contributed by atoms with E-state index in [1.54, 1.807) is 6.92 Å². The summed E-state index contributed by atoms with van der Waals surface area (Å²) in [7, 11) is 0. The van der Waals surface area contributed by atoms with Gasteiger partial charge >= 0.3 is 0 Å². The van der Waals surface area contributed by atoms with Crippen LogP contribution in [0.2, 0.25) is 0 Å². The number of aromatic nitrogens is 1. The van der Waals surface area contributed by atoms with Crippen molar-refractivity contribution in [3.63, 3.8) is 0 Å². The van der Waals surface area contributed by atoms with Gasteiger partial charge < -0.3 is 10.0 Å². The fourth-order valence-electron chi connectivity index (χ4n) is 2.55. The Labute approximate surface area is 143 Å². The first-order chi connectivity index (χ1) is 11.0. The number of rotatable bonds is 2. The van der Waals surface area contributed by atoms with Crippen LogP contribution in [-0.2, 0) is 0 Å². The van der Waals surface area contributed by atoms with Crippen LogP contribution in [0.25, 0.3) is 5.69 Å². The van der Waals surface area contributed by atoms with Gasteiger partial charge in [-0.2, -0.15) is 0 Å². The Hall–Kier alpha value is -2.65. The highest BCUT2D eigenvalue weighted by atomic mass is 16.1. The van der Waals surface area contributed by atoms with Crippen LogP contribution in [0.15, 0.2) is 66.7 Å². The summed E-state index contributed by atoms with van der Waals surface area (Å²) >= 11 is 0. The van der Waals surface area contributed by atoms with Crippen molar-refractivity contribution >= 4 is 5.78 Å². The third-order valence-corrected chi connectivity index (χ3v) is 3.74. The maximum Gasteiger partial charge on any atom is 0.161 e. The lowest BCUT2D eigenvalue weighted by Gasteiger charge is -2.12. The fraction of sp³-hybridized carbons (Fsp3) is 0.190. The van der Waals surface area contributed by atoms with Gasteiger partial charge in [0, 0.05) is 17.0 Å². The van der Waals surface area contributed by atoms with Gasteiger partial charge in [-0.05, 0) is 52.0 Å². The van der Waals surface area contributed by atoms with E-state index in [1.807, 2.05) is 56.3 Å². The predicted octanol–water partition coefficient (Wildman–Crippen LogP) is 4.47. The number of hydrogen-bond donors (Lipinski definition) is 0. The molecule has 126 valence electrons. The Bertz CT molecular complexity index is 769. The molecule has 0 atom stereocenters. The summed E-state index contributed by atoms with van der Waals surface area (Å²) in [5.74, 6) is 0.100. The Kier molecular flexibility index (Phi) is 7.15. The van der Waals surface area contributed by atoms with E-state index in [-0.39, 0.29) is 11.3 Å². The van der Waals surface area contributed by atoms with Crippen LogP contribution >= 0.6 is 0 Å². The van der Waals surface area contributed by atoms with Gasteiger partial charge in [0.2, 0.25) is 0 Å². The molecule has 0 saturated carbocycles. The lowest BCUT2D eigenvalue weighted by atomic mass is 10.1. The van der Waals surface area contributed by atoms with Gasteiger partial charge in [0.05, 0.1) is 5.69 Å². The van der Waals surface area contributed by atoms with Crippen LogP contribution in [0.3, 0.4) is 0 Å². The van der Waals surface area contributed by atoms with E-state index in [9.17, 15) is 4.79 Å². The second-order valence-electron chi connectivity index (χ2n) is 5.68. The molecule has 0 aliphatic carbocycles. The SMILES string of the molecule is CC(=O)c1ccccc1-n1c(C)ccc1C.Cc1ccccc1.O. The number of ketones is 1. The largest absolute Gasteiger partial charge is 0.412 e. The summed E-state index contributed by atoms with van der Waals surface area (Å²) in [5.41, 5.74) is 5.35. The summed E-state index contributed by atoms with van der Waals surface area (Å²) in [6.07, 6.45) is 0. The van der Waals surface area contributed by atoms with Crippen molar-refractivity contribution in [1.82, 2.24) is 4.57 Å². The molecule has 0 fully saturated rings. The Morgan fingerprint density at radius 2 is 1.25 bits per heavy atom. The van der Waals surface area contributed by atoms with Gasteiger partial charge in [-0.1, -0.05) is 48.0 Å². The van der Waals surface area contributed by atoms with Crippen molar-refractivity contribution in [3.8, 4) is 5.69 Å². The summed E-state index contributed by atoms with van der Waals surface area (Å²) in [6.45, 7) is 7.78. The molecule has 1 aromatic heterocycles. The maximum atomic E-state index is 11.6. The van der Waals surface area contributed by atoms with Crippen LogP contribution in [-0.4, -0.2) is 15.8 Å². The normalized spacial score (nSPS) is 9.50. The quantitative estimate of drug-likeness (QED) is 0.642. The molecular formula is C21H25NO2. The molecule has 1 heterocycles. The standard InChI is InChI=1S/C14H15NO.C7H8.H2O/c1-10-8-9-11(2)15(10)14-7-5-4-6-13(14)12(3)16;1-7-5-3-2-4-6-7;/h4-9H,1-3H3;2-6H,1H3;1H2. The zero-order valence-electron chi connectivity index (χ0n) is 14.7. The number of para-hydroxylation sites is 1. The van der Waals surface area contributed by atoms with E-state index >= 15 is 0 Å². The monoisotopic (exact) mass is 323 g/mol. The molecule has 24 heavy (non-hydrogen) atoms. The third kappa shape index (κ3) is 4.67. The molecule has 0 bridgehead atoms. The predicted molar refractivity (Wildman–Crippen MR) is 100 cm³/mol. The van der Waals surface area contributed by atoms with E-state index < -0.39 is 0 Å². The summed E-state index contributed by atoms with van der Waals surface area (Å²) in [4.78, 5) is 11.6. The second-order valence-corrected chi connectivity index (χ2v) is 5.68. The molecular weight excluding hydrogens is 298 g/mol. The average molecular weight is 323 g/mol. The van der Waals surface area contributed by atoms with Crippen LogP contribution in [0.1, 0.15) is 34.2 Å². The van der Waals surface area contributed by atoms with Gasteiger partial charge in [0.1, 0.15) is 0 Å². The van der Waals surface area contributed by atoms with E-state index in [2.05, 4.69) is 35.8 Å². The van der Waals surface area contributed by atoms with Crippen molar-refractivity contribution in [1.29, 1.82) is 0 Å². The van der Waals surface area contributed by atoms with Crippen LogP contribution < -0.4 is 0 Å². The maximum absolute atomic E-state index is 11.6. The Morgan fingerprint density at radius 1 is 0.750 bits per heavy atom. The van der Waals surface area contributed by atoms with Crippen molar-refractivity contribution in [2.75, 3.05) is 0 Å². The summed E-state index contributed by atoms with van der Waals surface area (Å²) < 4.78 is 2.11. The van der Waals surface area contributed by atoms with E-state index in [1.165, 1.54) is 5.56 Å². The highest BCUT2D eigenvalue weighted by molar-refractivity contribution is 5.97. The number of hydrogen-bond acceptors (Lipinski definition) is 1. The molecule has 3 aromatic rings. The lowest BCUT2D eigenvalue weighted by Crippen LogP contribution is -2.05. The molecule has 0 spiro atoms. The zero-order valence-corrected chi connectivity index (χ0v) is 14.7. The molecule has 0 radical (unpaired) electrons. The van der Waals surface area contributed by atoms with E-state index in [0.29, 0.717) is 0 Å². The van der Waals surface area contributed by atoms with Crippen molar-refractivity contribution in [2.24, 2.45) is 0 Å². The van der Waals surface area contributed by atoms with Crippen molar-refractivity contribution in [3.05, 3.63) is 89.2 Å². The number of carbonyl (C=O) groups is 1. The first kappa shape index (κ1) is 19.4. The molecule has 0 aliphatic heterocycles. The smallest absolute Gasteiger partial charge is 0.161 e. The van der Waals surface area contributed by atoms with E-state index in [4.69, 9.17) is 0 Å². The molecule has 0 amide bonds. The molecule has 2 N–H and O–H groups in total. The topological polar surface area (TPSA) is 53.5 Å². The molecule has 0 aliphatic rings. The van der Waals surface area contributed by atoms with Gasteiger partial charge in [-0.15, -0.1) is 0 Å². The van der Waals surface area contributed by atoms with Crippen LogP contribution in [0.4, 0.5) is 0 Å².